The van der Waals surface area contributed by atoms with Crippen molar-refractivity contribution in [2.45, 2.75) is 79.6 Å². The fourth-order valence-electron chi connectivity index (χ4n) is 3.74. The SMILES string of the molecule is CCCCc1cccc(P(CCC)c2cccc(C)c2C)c1CCCC. The molecule has 2 rings (SSSR count). The molecule has 0 fully saturated rings. The molecule has 0 aliphatic rings. The van der Waals surface area contributed by atoms with E-state index in [0.717, 1.165) is 0 Å². The van der Waals surface area contributed by atoms with Crippen molar-refractivity contribution in [2.75, 3.05) is 6.16 Å². The number of benzene rings is 2. The first kappa shape index (κ1) is 21.2. The normalized spacial score (nSPS) is 12.3. The van der Waals surface area contributed by atoms with Gasteiger partial charge in [-0.05, 0) is 86.5 Å². The summed E-state index contributed by atoms with van der Waals surface area (Å²) in [6.45, 7) is 11.5. The van der Waals surface area contributed by atoms with E-state index in [1.807, 2.05) is 0 Å². The molecular weight excluding hydrogens is 331 g/mol. The first-order valence-electron chi connectivity index (χ1n) is 10.6. The summed E-state index contributed by atoms with van der Waals surface area (Å²) in [5, 5.41) is 3.27. The Hall–Kier alpha value is -1.13. The number of unbranched alkanes of at least 4 members (excludes halogenated alkanes) is 2. The Morgan fingerprint density at radius 2 is 1.38 bits per heavy atom. The van der Waals surface area contributed by atoms with Crippen molar-refractivity contribution in [2.24, 2.45) is 0 Å². The zero-order chi connectivity index (χ0) is 18.9. The van der Waals surface area contributed by atoms with Gasteiger partial charge in [-0.15, -0.1) is 0 Å². The van der Waals surface area contributed by atoms with Gasteiger partial charge in [0, 0.05) is 0 Å². The molecule has 0 heterocycles. The van der Waals surface area contributed by atoms with Gasteiger partial charge in [-0.3, -0.25) is 0 Å². The lowest BCUT2D eigenvalue weighted by Crippen LogP contribution is -2.22. The van der Waals surface area contributed by atoms with Crippen LogP contribution >= 0.6 is 7.92 Å². The van der Waals surface area contributed by atoms with Gasteiger partial charge < -0.3 is 0 Å². The molecule has 0 saturated heterocycles. The summed E-state index contributed by atoms with van der Waals surface area (Å²) in [5.41, 5.74) is 6.24. The average Bonchev–Trinajstić information content (AvgIpc) is 2.65. The summed E-state index contributed by atoms with van der Waals surface area (Å²) in [4.78, 5) is 0. The lowest BCUT2D eigenvalue weighted by molar-refractivity contribution is 0.761. The van der Waals surface area contributed by atoms with E-state index in [2.05, 4.69) is 71.0 Å². The summed E-state index contributed by atoms with van der Waals surface area (Å²) in [6.07, 6.45) is 10.2. The van der Waals surface area contributed by atoms with E-state index in [1.165, 1.54) is 62.2 Å². The van der Waals surface area contributed by atoms with E-state index < -0.39 is 0 Å². The minimum absolute atomic E-state index is 0.257. The maximum atomic E-state index is 2.45. The Labute approximate surface area is 163 Å². The second-order valence-corrected chi connectivity index (χ2v) is 9.76. The van der Waals surface area contributed by atoms with Crippen LogP contribution < -0.4 is 10.6 Å². The summed E-state index contributed by atoms with van der Waals surface area (Å²) in [6, 6.07) is 14.1. The van der Waals surface area contributed by atoms with E-state index in [9.17, 15) is 0 Å². The first-order valence-corrected chi connectivity index (χ1v) is 12.1. The van der Waals surface area contributed by atoms with Crippen molar-refractivity contribution in [3.8, 4) is 0 Å². The Kier molecular flexibility index (Phi) is 8.86. The standard InChI is InChI=1S/C25H37P/c1-6-9-14-22-15-12-18-25(23(22)16-10-7-2)26(19-8-3)24-17-11-13-20(4)21(24)5/h11-13,15,17-18H,6-10,14,16,19H2,1-5H3. The summed E-state index contributed by atoms with van der Waals surface area (Å²) >= 11 is 0. The molecule has 2 aromatic rings. The summed E-state index contributed by atoms with van der Waals surface area (Å²) in [5.74, 6) is 0. The second kappa shape index (κ2) is 10.9. The van der Waals surface area contributed by atoms with Gasteiger partial charge in [0.1, 0.15) is 0 Å². The van der Waals surface area contributed by atoms with E-state index in [-0.39, 0.29) is 7.92 Å². The smallest absolute Gasteiger partial charge is 0.0160 e. The molecule has 0 saturated carbocycles. The van der Waals surface area contributed by atoms with Gasteiger partial charge in [-0.1, -0.05) is 76.4 Å². The van der Waals surface area contributed by atoms with Gasteiger partial charge in [0.15, 0.2) is 0 Å². The third-order valence-corrected chi connectivity index (χ3v) is 8.39. The summed E-state index contributed by atoms with van der Waals surface area (Å²) < 4.78 is 0. The molecule has 1 unspecified atom stereocenters. The van der Waals surface area contributed by atoms with E-state index >= 15 is 0 Å². The van der Waals surface area contributed by atoms with Crippen LogP contribution in [-0.4, -0.2) is 6.16 Å². The van der Waals surface area contributed by atoms with Gasteiger partial charge in [-0.2, -0.15) is 0 Å². The third-order valence-electron chi connectivity index (χ3n) is 5.43. The molecule has 26 heavy (non-hydrogen) atoms. The van der Waals surface area contributed by atoms with Crippen LogP contribution in [0.3, 0.4) is 0 Å². The Morgan fingerprint density at radius 1 is 0.731 bits per heavy atom. The van der Waals surface area contributed by atoms with Crippen LogP contribution in [0.5, 0.6) is 0 Å². The Bertz CT molecular complexity index is 687. The zero-order valence-corrected chi connectivity index (χ0v) is 18.5. The van der Waals surface area contributed by atoms with Crippen LogP contribution in [0.25, 0.3) is 0 Å². The fraction of sp³-hybridized carbons (Fsp3) is 0.520. The molecule has 142 valence electrons. The van der Waals surface area contributed by atoms with Crippen molar-refractivity contribution in [1.82, 2.24) is 0 Å². The highest BCUT2D eigenvalue weighted by molar-refractivity contribution is 7.73. The predicted molar refractivity (Wildman–Crippen MR) is 121 cm³/mol. The van der Waals surface area contributed by atoms with Gasteiger partial charge in [0.2, 0.25) is 0 Å². The highest BCUT2D eigenvalue weighted by Gasteiger charge is 2.20. The molecule has 0 amide bonds. The molecule has 0 aliphatic carbocycles. The van der Waals surface area contributed by atoms with Crippen molar-refractivity contribution >= 4 is 18.5 Å². The van der Waals surface area contributed by atoms with Gasteiger partial charge in [-0.25, -0.2) is 0 Å². The van der Waals surface area contributed by atoms with Crippen molar-refractivity contribution in [3.05, 3.63) is 58.7 Å². The van der Waals surface area contributed by atoms with Crippen LogP contribution in [0, 0.1) is 13.8 Å². The van der Waals surface area contributed by atoms with Crippen molar-refractivity contribution in [1.29, 1.82) is 0 Å². The summed E-state index contributed by atoms with van der Waals surface area (Å²) in [7, 11) is -0.257. The molecule has 1 atom stereocenters. The van der Waals surface area contributed by atoms with Crippen LogP contribution in [0.2, 0.25) is 0 Å². The molecule has 0 aliphatic heterocycles. The molecule has 0 aromatic heterocycles. The zero-order valence-electron chi connectivity index (χ0n) is 17.6. The van der Waals surface area contributed by atoms with Crippen LogP contribution in [-0.2, 0) is 12.8 Å². The van der Waals surface area contributed by atoms with E-state index in [1.54, 1.807) is 21.7 Å². The molecule has 0 radical (unpaired) electrons. The molecule has 0 spiro atoms. The molecule has 0 N–H and O–H groups in total. The fourth-order valence-corrected chi connectivity index (χ4v) is 6.62. The van der Waals surface area contributed by atoms with Crippen LogP contribution in [0.1, 0.15) is 75.1 Å². The van der Waals surface area contributed by atoms with E-state index in [0.29, 0.717) is 0 Å². The Balaban J connectivity index is 2.54. The predicted octanol–water partition coefficient (Wildman–Crippen LogP) is 6.83. The second-order valence-electron chi connectivity index (χ2n) is 7.49. The molecule has 0 nitrogen and oxygen atoms in total. The minimum atomic E-state index is -0.257. The highest BCUT2D eigenvalue weighted by Crippen LogP contribution is 2.38. The lowest BCUT2D eigenvalue weighted by Gasteiger charge is -2.25. The molecule has 0 bridgehead atoms. The average molecular weight is 369 g/mol. The largest absolute Gasteiger partial charge is 0.0654 e. The molecule has 2 aromatic carbocycles. The quantitative estimate of drug-likeness (QED) is 0.403. The van der Waals surface area contributed by atoms with Crippen LogP contribution in [0.4, 0.5) is 0 Å². The van der Waals surface area contributed by atoms with Gasteiger partial charge in [0.05, 0.1) is 0 Å². The monoisotopic (exact) mass is 368 g/mol. The van der Waals surface area contributed by atoms with Crippen molar-refractivity contribution in [3.63, 3.8) is 0 Å². The maximum Gasteiger partial charge on any atom is -0.0160 e. The molecular formula is C25H37P. The highest BCUT2D eigenvalue weighted by atomic mass is 31.1. The number of aryl methyl sites for hydroxylation is 2. The topological polar surface area (TPSA) is 0 Å². The third kappa shape index (κ3) is 5.20. The van der Waals surface area contributed by atoms with Crippen molar-refractivity contribution < 1.29 is 0 Å². The van der Waals surface area contributed by atoms with Gasteiger partial charge >= 0.3 is 0 Å². The molecule has 1 heteroatoms. The van der Waals surface area contributed by atoms with E-state index in [4.69, 9.17) is 0 Å². The Morgan fingerprint density at radius 3 is 2.08 bits per heavy atom. The van der Waals surface area contributed by atoms with Gasteiger partial charge in [0.25, 0.3) is 0 Å². The number of hydrogen-bond acceptors (Lipinski definition) is 0. The van der Waals surface area contributed by atoms with Crippen LogP contribution in [0.15, 0.2) is 36.4 Å². The lowest BCUT2D eigenvalue weighted by atomic mass is 9.98. The minimum Gasteiger partial charge on any atom is -0.0654 e. The number of rotatable bonds is 10. The first-order chi connectivity index (χ1) is 12.6. The maximum absolute atomic E-state index is 2.45. The number of hydrogen-bond donors (Lipinski definition) is 0.